The summed E-state index contributed by atoms with van der Waals surface area (Å²) in [5.74, 6) is -1.45. The summed E-state index contributed by atoms with van der Waals surface area (Å²) in [5, 5.41) is 2.53. The van der Waals surface area contributed by atoms with Gasteiger partial charge in [-0.05, 0) is 31.9 Å². The second kappa shape index (κ2) is 9.97. The highest BCUT2D eigenvalue weighted by Crippen LogP contribution is 2.29. The normalized spacial score (nSPS) is 14.9. The number of ether oxygens (including phenoxy) is 1. The van der Waals surface area contributed by atoms with Crippen LogP contribution in [0.2, 0.25) is 0 Å². The Morgan fingerprint density at radius 2 is 1.84 bits per heavy atom. The van der Waals surface area contributed by atoms with Crippen molar-refractivity contribution in [3.8, 4) is 0 Å². The Hall–Kier alpha value is -2.85. The summed E-state index contributed by atoms with van der Waals surface area (Å²) in [7, 11) is -2.22. The van der Waals surface area contributed by atoms with Gasteiger partial charge in [0.25, 0.3) is 5.91 Å². The van der Waals surface area contributed by atoms with Gasteiger partial charge in [-0.25, -0.2) is 18.2 Å². The van der Waals surface area contributed by atoms with Crippen molar-refractivity contribution in [1.82, 2.24) is 14.3 Å². The maximum atomic E-state index is 13.2. The molecule has 0 spiro atoms. The number of aromatic nitrogens is 2. The number of esters is 1. The number of hydrogen-bond acceptors (Lipinski definition) is 7. The molecule has 0 atom stereocenters. The fraction of sp³-hybridized carbons (Fsp3) is 0.429. The third kappa shape index (κ3) is 5.65. The molecule has 1 aliphatic rings. The maximum Gasteiger partial charge on any atom is 0.359 e. The number of benzene rings is 1. The second-order valence-electron chi connectivity index (χ2n) is 7.48. The number of carbonyl (C=O) groups is 2. The standard InChI is InChI=1S/C21H26N4O5S/c1-15-12-23-18(13-22-15)21(27)30-14-20(26)24-17-10-6-7-11-19(17)31(28,29)25(2)16-8-4-3-5-9-16/h6-7,10-13,16H,3-5,8-9,14H2,1-2H3,(H,24,26). The van der Waals surface area contributed by atoms with Gasteiger partial charge in [-0.1, -0.05) is 31.4 Å². The summed E-state index contributed by atoms with van der Waals surface area (Å²) >= 11 is 0. The summed E-state index contributed by atoms with van der Waals surface area (Å²) in [6.07, 6.45) is 7.44. The molecule has 10 heteroatoms. The smallest absolute Gasteiger partial charge is 0.359 e. The lowest BCUT2D eigenvalue weighted by molar-refractivity contribution is -0.119. The SMILES string of the molecule is Cc1cnc(C(=O)OCC(=O)Nc2ccccc2S(=O)(=O)N(C)C2CCCCC2)cn1. The zero-order chi connectivity index (χ0) is 22.4. The highest BCUT2D eigenvalue weighted by atomic mass is 32.2. The topological polar surface area (TPSA) is 119 Å². The van der Waals surface area contributed by atoms with Crippen LogP contribution in [0.1, 0.15) is 48.3 Å². The fourth-order valence-electron chi connectivity index (χ4n) is 3.48. The van der Waals surface area contributed by atoms with E-state index >= 15 is 0 Å². The Labute approximate surface area is 181 Å². The van der Waals surface area contributed by atoms with E-state index in [1.807, 2.05) is 0 Å². The number of carbonyl (C=O) groups excluding carboxylic acids is 2. The van der Waals surface area contributed by atoms with E-state index in [9.17, 15) is 18.0 Å². The summed E-state index contributed by atoms with van der Waals surface area (Å²) in [5.41, 5.74) is 0.766. The Balaban J connectivity index is 1.67. The molecule has 1 aromatic carbocycles. The molecule has 9 nitrogen and oxygen atoms in total. The van der Waals surface area contributed by atoms with Crippen LogP contribution in [0.25, 0.3) is 0 Å². The number of sulfonamides is 1. The quantitative estimate of drug-likeness (QED) is 0.649. The van der Waals surface area contributed by atoms with Crippen molar-refractivity contribution in [3.63, 3.8) is 0 Å². The highest BCUT2D eigenvalue weighted by Gasteiger charge is 2.31. The summed E-state index contributed by atoms with van der Waals surface area (Å²) < 4.78 is 32.7. The van der Waals surface area contributed by atoms with Gasteiger partial charge in [0.1, 0.15) is 4.90 Å². The molecular formula is C21H26N4O5S. The largest absolute Gasteiger partial charge is 0.451 e. The van der Waals surface area contributed by atoms with Crippen LogP contribution in [-0.2, 0) is 19.6 Å². The fourth-order valence-corrected chi connectivity index (χ4v) is 5.04. The number of nitrogens with zero attached hydrogens (tertiary/aromatic N) is 3. The number of hydrogen-bond donors (Lipinski definition) is 1. The van der Waals surface area contributed by atoms with Gasteiger partial charge in [0.05, 0.1) is 17.6 Å². The summed E-state index contributed by atoms with van der Waals surface area (Å²) in [6, 6.07) is 6.14. The lowest BCUT2D eigenvalue weighted by atomic mass is 9.96. The monoisotopic (exact) mass is 446 g/mol. The van der Waals surface area contributed by atoms with Crippen molar-refractivity contribution in [2.45, 2.75) is 50.0 Å². The Morgan fingerprint density at radius 3 is 2.52 bits per heavy atom. The van der Waals surface area contributed by atoms with Gasteiger partial charge in [-0.2, -0.15) is 4.31 Å². The average molecular weight is 447 g/mol. The van der Waals surface area contributed by atoms with Crippen LogP contribution >= 0.6 is 0 Å². The lowest BCUT2D eigenvalue weighted by Gasteiger charge is -2.30. The Kier molecular flexibility index (Phi) is 7.34. The molecule has 1 aliphatic carbocycles. The van der Waals surface area contributed by atoms with Crippen molar-refractivity contribution in [2.75, 3.05) is 19.0 Å². The molecule has 166 valence electrons. The predicted molar refractivity (Wildman–Crippen MR) is 114 cm³/mol. The van der Waals surface area contributed by atoms with Crippen LogP contribution in [0.3, 0.4) is 0 Å². The minimum absolute atomic E-state index is 0.00662. The first kappa shape index (κ1) is 22.8. The van der Waals surface area contributed by atoms with Gasteiger partial charge < -0.3 is 10.1 Å². The van der Waals surface area contributed by atoms with Gasteiger partial charge in [-0.3, -0.25) is 9.78 Å². The van der Waals surface area contributed by atoms with E-state index in [1.54, 1.807) is 26.1 Å². The Bertz CT molecular complexity index is 1030. The second-order valence-corrected chi connectivity index (χ2v) is 9.44. The van der Waals surface area contributed by atoms with Gasteiger partial charge >= 0.3 is 5.97 Å². The van der Waals surface area contributed by atoms with Gasteiger partial charge in [0.15, 0.2) is 12.3 Å². The minimum Gasteiger partial charge on any atom is -0.451 e. The van der Waals surface area contributed by atoms with Crippen molar-refractivity contribution in [2.24, 2.45) is 0 Å². The van der Waals surface area contributed by atoms with Crippen LogP contribution < -0.4 is 5.32 Å². The molecule has 3 rings (SSSR count). The first-order valence-electron chi connectivity index (χ1n) is 10.1. The number of aryl methyl sites for hydroxylation is 1. The molecule has 1 amide bonds. The van der Waals surface area contributed by atoms with E-state index in [-0.39, 0.29) is 22.3 Å². The van der Waals surface area contributed by atoms with Crippen LogP contribution in [0.15, 0.2) is 41.6 Å². The molecule has 1 N–H and O–H groups in total. The molecule has 0 radical (unpaired) electrons. The molecule has 1 heterocycles. The average Bonchev–Trinajstić information content (AvgIpc) is 2.78. The van der Waals surface area contributed by atoms with E-state index in [0.29, 0.717) is 5.69 Å². The molecule has 0 bridgehead atoms. The van der Waals surface area contributed by atoms with Gasteiger partial charge in [-0.15, -0.1) is 0 Å². The molecule has 31 heavy (non-hydrogen) atoms. The third-order valence-corrected chi connectivity index (χ3v) is 7.20. The number of rotatable bonds is 7. The molecule has 0 unspecified atom stereocenters. The molecule has 0 aliphatic heterocycles. The molecule has 2 aromatic rings. The van der Waals surface area contributed by atoms with Crippen LogP contribution in [0.4, 0.5) is 5.69 Å². The van der Waals surface area contributed by atoms with E-state index in [4.69, 9.17) is 4.74 Å². The van der Waals surface area contributed by atoms with Crippen molar-refractivity contribution in [1.29, 1.82) is 0 Å². The van der Waals surface area contributed by atoms with Crippen LogP contribution in [0, 0.1) is 6.92 Å². The number of nitrogens with one attached hydrogen (secondary N) is 1. The van der Waals surface area contributed by atoms with Gasteiger partial charge in [0, 0.05) is 19.3 Å². The number of amides is 1. The van der Waals surface area contributed by atoms with Crippen molar-refractivity contribution < 1.29 is 22.7 Å². The number of para-hydroxylation sites is 1. The molecule has 1 saturated carbocycles. The van der Waals surface area contributed by atoms with Crippen LogP contribution in [-0.4, -0.2) is 54.3 Å². The first-order valence-corrected chi connectivity index (χ1v) is 11.6. The maximum absolute atomic E-state index is 13.2. The first-order chi connectivity index (χ1) is 14.8. The highest BCUT2D eigenvalue weighted by molar-refractivity contribution is 7.89. The molecular weight excluding hydrogens is 420 g/mol. The Morgan fingerprint density at radius 1 is 1.13 bits per heavy atom. The van der Waals surface area contributed by atoms with E-state index in [2.05, 4.69) is 15.3 Å². The van der Waals surface area contributed by atoms with E-state index < -0.39 is 28.5 Å². The molecule has 0 saturated heterocycles. The zero-order valence-electron chi connectivity index (χ0n) is 17.6. The summed E-state index contributed by atoms with van der Waals surface area (Å²) in [4.78, 5) is 32.2. The molecule has 1 aromatic heterocycles. The number of anilines is 1. The third-order valence-electron chi connectivity index (χ3n) is 5.23. The predicted octanol–water partition coefficient (Wildman–Crippen LogP) is 2.53. The van der Waals surface area contributed by atoms with Crippen LogP contribution in [0.5, 0.6) is 0 Å². The van der Waals surface area contributed by atoms with E-state index in [0.717, 1.165) is 32.1 Å². The van der Waals surface area contributed by atoms with Gasteiger partial charge in [0.2, 0.25) is 10.0 Å². The zero-order valence-corrected chi connectivity index (χ0v) is 18.4. The van der Waals surface area contributed by atoms with E-state index in [1.165, 1.54) is 28.8 Å². The lowest BCUT2D eigenvalue weighted by Crippen LogP contribution is -2.38. The minimum atomic E-state index is -3.80. The van der Waals surface area contributed by atoms with Crippen molar-refractivity contribution >= 4 is 27.6 Å². The summed E-state index contributed by atoms with van der Waals surface area (Å²) in [6.45, 7) is 1.15. The van der Waals surface area contributed by atoms with Crippen molar-refractivity contribution in [3.05, 3.63) is 48.0 Å². The molecule has 1 fully saturated rings.